The average Bonchev–Trinajstić information content (AvgIpc) is 3.07. The molecule has 20 heteroatoms. The molecule has 0 radical (unpaired) electrons. The van der Waals surface area contributed by atoms with Crippen molar-refractivity contribution >= 4 is 63.9 Å². The number of hydrazone groups is 3. The third-order valence-corrected chi connectivity index (χ3v) is 6.58. The first-order valence-corrected chi connectivity index (χ1v) is 14.3. The molecule has 2 amide bonds. The third kappa shape index (κ3) is 10.3. The average molecular weight is 686 g/mol. The van der Waals surface area contributed by atoms with E-state index in [1.165, 1.54) is 19.2 Å². The van der Waals surface area contributed by atoms with Crippen LogP contribution in [0.25, 0.3) is 0 Å². The molecule has 0 aromatic heterocycles. The highest BCUT2D eigenvalue weighted by Gasteiger charge is 2.20. The first kappa shape index (κ1) is 37.1. The summed E-state index contributed by atoms with van der Waals surface area (Å²) in [6, 6.07) is 12.8. The number of amides is 2. The van der Waals surface area contributed by atoms with Gasteiger partial charge in [0.25, 0.3) is 17.5 Å². The summed E-state index contributed by atoms with van der Waals surface area (Å²) >= 11 is 0. The number of ether oxygens (including phenoxy) is 1. The standard InChI is InChI=1S/C30H35N15O5/c1-14(39-42-28(31)32)17-5-6-24(25(13-17)50-4)38-27(47)21-8-20(11-23(12-21)45(48)49)26(46)37-22-9-18(15(2)40-43-29(33)34)7-19(10-22)16(3)41-44-30(35)36/h5-13H,1-4H3,(H,37,46)(H,38,47)(H4,31,32,42)(H4,33,34,43)(H4,35,36,44)/b39-14+,40-15+,41-16+. The van der Waals surface area contributed by atoms with E-state index in [2.05, 4.69) is 42.2 Å². The molecule has 20 nitrogen and oxygen atoms in total. The van der Waals surface area contributed by atoms with Crippen LogP contribution in [0.3, 0.4) is 0 Å². The van der Waals surface area contributed by atoms with Crippen molar-refractivity contribution < 1.29 is 19.2 Å². The van der Waals surface area contributed by atoms with E-state index >= 15 is 0 Å². The van der Waals surface area contributed by atoms with Gasteiger partial charge in [0.2, 0.25) is 17.9 Å². The topological polar surface area (TPSA) is 333 Å². The number of non-ortho nitro benzene ring substituents is 1. The Balaban J connectivity index is 1.98. The van der Waals surface area contributed by atoms with Crippen LogP contribution < -0.4 is 48.8 Å². The van der Waals surface area contributed by atoms with E-state index in [9.17, 15) is 19.7 Å². The SMILES string of the molecule is COc1cc(/C(C)=N/NC(=N)N)ccc1NC(=O)c1cc(C(=O)Nc2cc(/C(C)=N/NC(=N)N)cc(/C(C)=N/NC(=N)N)c2)cc([N+](=O)[O-])c1. The highest BCUT2D eigenvalue weighted by molar-refractivity contribution is 6.11. The summed E-state index contributed by atoms with van der Waals surface area (Å²) in [7, 11) is 1.38. The lowest BCUT2D eigenvalue weighted by molar-refractivity contribution is -0.384. The Morgan fingerprint density at radius 2 is 1.12 bits per heavy atom. The first-order valence-electron chi connectivity index (χ1n) is 14.3. The van der Waals surface area contributed by atoms with Crippen molar-refractivity contribution in [2.24, 2.45) is 32.5 Å². The number of carbonyl (C=O) groups is 2. The molecule has 0 unspecified atom stereocenters. The minimum Gasteiger partial charge on any atom is -0.495 e. The van der Waals surface area contributed by atoms with Gasteiger partial charge in [-0.3, -0.25) is 35.9 Å². The van der Waals surface area contributed by atoms with Gasteiger partial charge in [0.1, 0.15) is 5.75 Å². The molecule has 0 heterocycles. The zero-order valence-corrected chi connectivity index (χ0v) is 27.3. The molecule has 0 bridgehead atoms. The van der Waals surface area contributed by atoms with Crippen LogP contribution in [0.15, 0.2) is 69.9 Å². The van der Waals surface area contributed by atoms with Gasteiger partial charge in [-0.25, -0.2) is 16.3 Å². The minimum absolute atomic E-state index is 0.190. The molecule has 0 spiro atoms. The van der Waals surface area contributed by atoms with Gasteiger partial charge in [0, 0.05) is 45.6 Å². The number of nitrogens with one attached hydrogen (secondary N) is 8. The van der Waals surface area contributed by atoms with Gasteiger partial charge in [-0.2, -0.15) is 15.3 Å². The van der Waals surface area contributed by atoms with Crippen molar-refractivity contribution in [1.29, 1.82) is 16.2 Å². The highest BCUT2D eigenvalue weighted by atomic mass is 16.6. The summed E-state index contributed by atoms with van der Waals surface area (Å²) < 4.78 is 5.41. The van der Waals surface area contributed by atoms with E-state index in [0.29, 0.717) is 33.8 Å². The third-order valence-electron chi connectivity index (χ3n) is 6.58. The predicted molar refractivity (Wildman–Crippen MR) is 190 cm³/mol. The second-order valence-electron chi connectivity index (χ2n) is 10.3. The molecule has 50 heavy (non-hydrogen) atoms. The molecular formula is C30H35N15O5. The van der Waals surface area contributed by atoms with Gasteiger partial charge in [0.05, 0.1) is 34.9 Å². The fourth-order valence-corrected chi connectivity index (χ4v) is 4.14. The van der Waals surface area contributed by atoms with Crippen molar-refractivity contribution in [1.82, 2.24) is 16.3 Å². The number of methoxy groups -OCH3 is 1. The number of hydrogen-bond donors (Lipinski definition) is 11. The fraction of sp³-hybridized carbons (Fsp3) is 0.133. The molecule has 0 saturated carbocycles. The minimum atomic E-state index is -0.783. The quantitative estimate of drug-likeness (QED) is 0.0564. The van der Waals surface area contributed by atoms with Crippen LogP contribution in [0, 0.1) is 26.3 Å². The maximum absolute atomic E-state index is 13.5. The zero-order chi connectivity index (χ0) is 37.1. The van der Waals surface area contributed by atoms with Crippen molar-refractivity contribution in [3.8, 4) is 5.75 Å². The van der Waals surface area contributed by atoms with E-state index in [4.69, 9.17) is 38.2 Å². The number of carbonyl (C=O) groups excluding carboxylic acids is 2. The molecule has 3 aromatic rings. The monoisotopic (exact) mass is 685 g/mol. The molecule has 0 aliphatic rings. The summed E-state index contributed by atoms with van der Waals surface area (Å²) in [6.07, 6.45) is 0. The van der Waals surface area contributed by atoms with E-state index < -0.39 is 34.3 Å². The normalized spacial score (nSPS) is 11.6. The number of nitro groups is 1. The van der Waals surface area contributed by atoms with Crippen molar-refractivity contribution in [3.05, 3.63) is 92.5 Å². The van der Waals surface area contributed by atoms with Crippen LogP contribution in [-0.2, 0) is 0 Å². The van der Waals surface area contributed by atoms with Crippen molar-refractivity contribution in [3.63, 3.8) is 0 Å². The van der Waals surface area contributed by atoms with E-state index in [1.54, 1.807) is 51.1 Å². The Bertz CT molecular complexity index is 1920. The molecule has 0 aliphatic carbocycles. The number of nitrogens with zero attached hydrogens (tertiary/aromatic N) is 4. The highest BCUT2D eigenvalue weighted by Crippen LogP contribution is 2.28. The molecule has 3 rings (SSSR count). The Hall–Kier alpha value is -7.38. The van der Waals surface area contributed by atoms with Crippen LogP contribution in [-0.4, -0.2) is 58.9 Å². The summed E-state index contributed by atoms with van der Waals surface area (Å²) in [5.74, 6) is -2.47. The number of anilines is 2. The molecule has 260 valence electrons. The maximum Gasteiger partial charge on any atom is 0.271 e. The largest absolute Gasteiger partial charge is 0.495 e. The second kappa shape index (κ2) is 16.4. The van der Waals surface area contributed by atoms with Gasteiger partial charge in [0.15, 0.2) is 0 Å². The molecule has 14 N–H and O–H groups in total. The van der Waals surface area contributed by atoms with Gasteiger partial charge in [-0.15, -0.1) is 0 Å². The summed E-state index contributed by atoms with van der Waals surface area (Å²) in [5.41, 5.74) is 25.2. The lowest BCUT2D eigenvalue weighted by Gasteiger charge is -2.13. The number of guanidine groups is 3. The molecule has 3 aromatic carbocycles. The number of nitro benzene ring substituents is 1. The van der Waals surface area contributed by atoms with Gasteiger partial charge < -0.3 is 32.6 Å². The lowest BCUT2D eigenvalue weighted by Crippen LogP contribution is -2.27. The van der Waals surface area contributed by atoms with E-state index in [1.807, 2.05) is 0 Å². The molecule has 0 aliphatic heterocycles. The molecule has 0 fully saturated rings. The summed E-state index contributed by atoms with van der Waals surface area (Å²) in [6.45, 7) is 4.90. The number of benzene rings is 3. The second-order valence-corrected chi connectivity index (χ2v) is 10.3. The van der Waals surface area contributed by atoms with Crippen molar-refractivity contribution in [2.45, 2.75) is 20.8 Å². The van der Waals surface area contributed by atoms with Gasteiger partial charge in [-0.05, 0) is 57.2 Å². The Kier molecular flexibility index (Phi) is 12.2. The van der Waals surface area contributed by atoms with Crippen LogP contribution in [0.4, 0.5) is 17.1 Å². The predicted octanol–water partition coefficient (Wildman–Crippen LogP) is 1.73. The zero-order valence-electron chi connectivity index (χ0n) is 27.3. The smallest absolute Gasteiger partial charge is 0.271 e. The maximum atomic E-state index is 13.5. The Morgan fingerprint density at radius 1 is 0.680 bits per heavy atom. The fourth-order valence-electron chi connectivity index (χ4n) is 4.14. The Labute approximate surface area is 284 Å². The molecule has 0 atom stereocenters. The Morgan fingerprint density at radius 3 is 1.56 bits per heavy atom. The number of hydrogen-bond acceptors (Lipinski definition) is 11. The molecule has 0 saturated heterocycles. The van der Waals surface area contributed by atoms with E-state index in [-0.39, 0.29) is 34.2 Å². The lowest BCUT2D eigenvalue weighted by atomic mass is 10.0. The van der Waals surface area contributed by atoms with Crippen LogP contribution in [0.2, 0.25) is 0 Å². The number of nitrogens with two attached hydrogens (primary N) is 3. The van der Waals surface area contributed by atoms with Gasteiger partial charge in [-0.1, -0.05) is 6.07 Å². The summed E-state index contributed by atoms with van der Waals surface area (Å²) in [4.78, 5) is 38.0. The van der Waals surface area contributed by atoms with Crippen LogP contribution in [0.1, 0.15) is 58.2 Å². The molecular weight excluding hydrogens is 650 g/mol. The summed E-state index contributed by atoms with van der Waals surface area (Å²) in [5, 5.41) is 51.1. The van der Waals surface area contributed by atoms with Crippen LogP contribution in [0.5, 0.6) is 5.75 Å². The van der Waals surface area contributed by atoms with Gasteiger partial charge >= 0.3 is 0 Å². The van der Waals surface area contributed by atoms with Crippen molar-refractivity contribution in [2.75, 3.05) is 17.7 Å². The van der Waals surface area contributed by atoms with E-state index in [0.717, 1.165) is 12.1 Å². The number of rotatable bonds is 12. The first-order chi connectivity index (χ1) is 23.6. The van der Waals surface area contributed by atoms with Crippen LogP contribution >= 0.6 is 0 Å².